The minimum absolute atomic E-state index is 0.0470. The van der Waals surface area contributed by atoms with Gasteiger partial charge in [-0.1, -0.05) is 12.5 Å². The SMILES string of the molecule is CC(=O)O[C@@]1(C)[C@@H]2CC(=C(C)C)C(=O)C[C@@]2(C)CC[C@H]1OC(=O)C/C=C(/C)O. The van der Waals surface area contributed by atoms with Crippen LogP contribution in [0.15, 0.2) is 23.0 Å². The highest BCUT2D eigenvalue weighted by Crippen LogP contribution is 2.56. The van der Waals surface area contributed by atoms with Crippen molar-refractivity contribution in [2.75, 3.05) is 0 Å². The molecule has 156 valence electrons. The first-order chi connectivity index (χ1) is 12.9. The van der Waals surface area contributed by atoms with Crippen LogP contribution in [0, 0.1) is 11.3 Å². The van der Waals surface area contributed by atoms with E-state index in [0.717, 1.165) is 11.1 Å². The second kappa shape index (κ2) is 8.10. The standard InChI is InChI=1S/C22H32O6/c1-13(2)16-11-18-21(5,12-17(16)25)10-9-19(22(18,6)28-15(4)24)27-20(26)8-7-14(3)23/h7,18-19,23H,8-12H2,1-6H3/b14-7-/t18-,19-,21-,22+/m1/s1. The van der Waals surface area contributed by atoms with Crippen molar-refractivity contribution in [1.29, 1.82) is 0 Å². The van der Waals surface area contributed by atoms with Gasteiger partial charge in [0.2, 0.25) is 0 Å². The van der Waals surface area contributed by atoms with E-state index in [-0.39, 0.29) is 29.3 Å². The summed E-state index contributed by atoms with van der Waals surface area (Å²) in [4.78, 5) is 36.9. The fourth-order valence-corrected chi connectivity index (χ4v) is 4.83. The van der Waals surface area contributed by atoms with Gasteiger partial charge in [-0.2, -0.15) is 0 Å². The maximum absolute atomic E-state index is 12.7. The average Bonchev–Trinajstić information content (AvgIpc) is 2.54. The zero-order chi connectivity index (χ0) is 21.3. The molecule has 0 aromatic rings. The summed E-state index contributed by atoms with van der Waals surface area (Å²) in [6.45, 7) is 10.6. The van der Waals surface area contributed by atoms with Crippen LogP contribution in [0.2, 0.25) is 0 Å². The first-order valence-corrected chi connectivity index (χ1v) is 9.83. The van der Waals surface area contributed by atoms with Crippen LogP contribution >= 0.6 is 0 Å². The van der Waals surface area contributed by atoms with Crippen molar-refractivity contribution in [3.05, 3.63) is 23.0 Å². The van der Waals surface area contributed by atoms with E-state index in [0.29, 0.717) is 25.7 Å². The number of fused-ring (bicyclic) bond motifs is 1. The normalized spacial score (nSPS) is 33.1. The number of carbonyl (C=O) groups is 3. The minimum atomic E-state index is -1.02. The first kappa shape index (κ1) is 22.2. The Morgan fingerprint density at radius 1 is 1.21 bits per heavy atom. The zero-order valence-corrected chi connectivity index (χ0v) is 17.8. The van der Waals surface area contributed by atoms with Crippen molar-refractivity contribution in [3.8, 4) is 0 Å². The van der Waals surface area contributed by atoms with E-state index >= 15 is 0 Å². The second-order valence-electron chi connectivity index (χ2n) is 8.83. The number of ether oxygens (including phenoxy) is 2. The fraction of sp³-hybridized carbons (Fsp3) is 0.682. The van der Waals surface area contributed by atoms with Gasteiger partial charge < -0.3 is 14.6 Å². The Morgan fingerprint density at radius 2 is 1.86 bits per heavy atom. The minimum Gasteiger partial charge on any atom is -0.513 e. The van der Waals surface area contributed by atoms with Crippen molar-refractivity contribution in [3.63, 3.8) is 0 Å². The molecule has 0 aromatic heterocycles. The Hall–Kier alpha value is -2.11. The number of ketones is 1. The summed E-state index contributed by atoms with van der Waals surface area (Å²) in [5.41, 5.74) is 0.421. The van der Waals surface area contributed by atoms with Gasteiger partial charge in [0, 0.05) is 19.3 Å². The molecule has 0 unspecified atom stereocenters. The fourth-order valence-electron chi connectivity index (χ4n) is 4.83. The molecule has 0 saturated heterocycles. The molecule has 4 atom stereocenters. The number of aliphatic hydroxyl groups is 1. The molecule has 2 saturated carbocycles. The Kier molecular flexibility index (Phi) is 6.41. The predicted molar refractivity (Wildman–Crippen MR) is 104 cm³/mol. The summed E-state index contributed by atoms with van der Waals surface area (Å²) in [6, 6.07) is 0. The van der Waals surface area contributed by atoms with Crippen LogP contribution < -0.4 is 0 Å². The van der Waals surface area contributed by atoms with Crippen LogP contribution in [0.25, 0.3) is 0 Å². The number of carbonyl (C=O) groups excluding carboxylic acids is 3. The molecule has 28 heavy (non-hydrogen) atoms. The molecule has 6 nitrogen and oxygen atoms in total. The van der Waals surface area contributed by atoms with Gasteiger partial charge in [0.05, 0.1) is 12.2 Å². The van der Waals surface area contributed by atoms with Gasteiger partial charge in [0.1, 0.15) is 11.7 Å². The molecule has 2 fully saturated rings. The monoisotopic (exact) mass is 392 g/mol. The molecule has 2 aliphatic rings. The summed E-state index contributed by atoms with van der Waals surface area (Å²) >= 11 is 0. The van der Waals surface area contributed by atoms with E-state index in [2.05, 4.69) is 6.92 Å². The number of Topliss-reactive ketones (excluding diaryl/α,β-unsaturated/α-hetero) is 1. The van der Waals surface area contributed by atoms with Crippen molar-refractivity contribution < 1.29 is 29.0 Å². The third kappa shape index (κ3) is 4.47. The molecule has 0 amide bonds. The number of rotatable bonds is 4. The van der Waals surface area contributed by atoms with Crippen LogP contribution in [-0.2, 0) is 23.9 Å². The zero-order valence-electron chi connectivity index (χ0n) is 17.8. The topological polar surface area (TPSA) is 89.9 Å². The molecule has 0 aromatic carbocycles. The van der Waals surface area contributed by atoms with Gasteiger partial charge in [-0.05, 0) is 64.0 Å². The number of hydrogen-bond donors (Lipinski definition) is 1. The molecule has 0 bridgehead atoms. The van der Waals surface area contributed by atoms with Crippen LogP contribution in [0.5, 0.6) is 0 Å². The van der Waals surface area contributed by atoms with E-state index in [1.165, 1.54) is 19.9 Å². The van der Waals surface area contributed by atoms with Crippen molar-refractivity contribution in [2.24, 2.45) is 11.3 Å². The predicted octanol–water partition coefficient (Wildman–Crippen LogP) is 4.19. The second-order valence-corrected chi connectivity index (χ2v) is 8.83. The number of hydrogen-bond acceptors (Lipinski definition) is 6. The van der Waals surface area contributed by atoms with Gasteiger partial charge in [-0.15, -0.1) is 0 Å². The lowest BCUT2D eigenvalue weighted by Crippen LogP contribution is -2.61. The summed E-state index contributed by atoms with van der Waals surface area (Å²) < 4.78 is 11.5. The summed E-state index contributed by atoms with van der Waals surface area (Å²) in [5, 5.41) is 9.27. The van der Waals surface area contributed by atoms with Gasteiger partial charge >= 0.3 is 11.9 Å². The molecule has 6 heteroatoms. The summed E-state index contributed by atoms with van der Waals surface area (Å²) in [5.74, 6) is -0.838. The molecule has 0 spiro atoms. The average molecular weight is 392 g/mol. The van der Waals surface area contributed by atoms with Crippen molar-refractivity contribution in [1.82, 2.24) is 0 Å². The highest BCUT2D eigenvalue weighted by molar-refractivity contribution is 5.97. The lowest BCUT2D eigenvalue weighted by atomic mass is 9.53. The lowest BCUT2D eigenvalue weighted by Gasteiger charge is -2.56. The highest BCUT2D eigenvalue weighted by Gasteiger charge is 2.60. The van der Waals surface area contributed by atoms with Crippen LogP contribution in [0.4, 0.5) is 0 Å². The van der Waals surface area contributed by atoms with Crippen molar-refractivity contribution in [2.45, 2.75) is 85.4 Å². The van der Waals surface area contributed by atoms with E-state index in [1.54, 1.807) is 0 Å². The largest absolute Gasteiger partial charge is 0.513 e. The molecular formula is C22H32O6. The molecular weight excluding hydrogens is 360 g/mol. The Morgan fingerprint density at radius 3 is 2.39 bits per heavy atom. The third-order valence-electron chi connectivity index (χ3n) is 6.26. The van der Waals surface area contributed by atoms with E-state index < -0.39 is 23.6 Å². The Labute approximate surface area is 167 Å². The first-order valence-electron chi connectivity index (χ1n) is 9.83. The van der Waals surface area contributed by atoms with Gasteiger partial charge in [-0.25, -0.2) is 0 Å². The van der Waals surface area contributed by atoms with Crippen LogP contribution in [0.3, 0.4) is 0 Å². The van der Waals surface area contributed by atoms with Crippen LogP contribution in [-0.4, -0.2) is 34.5 Å². The molecule has 1 N–H and O–H groups in total. The lowest BCUT2D eigenvalue weighted by molar-refractivity contribution is -0.217. The van der Waals surface area contributed by atoms with Crippen LogP contribution in [0.1, 0.15) is 73.6 Å². The number of aliphatic hydroxyl groups excluding tert-OH is 1. The number of allylic oxidation sites excluding steroid dienone is 3. The maximum atomic E-state index is 12.7. The Bertz CT molecular complexity index is 725. The molecule has 0 aliphatic heterocycles. The smallest absolute Gasteiger partial charge is 0.310 e. The molecule has 2 aliphatic carbocycles. The summed E-state index contributed by atoms with van der Waals surface area (Å²) in [7, 11) is 0. The Balaban J connectivity index is 2.38. The number of esters is 2. The van der Waals surface area contributed by atoms with E-state index in [1.807, 2.05) is 20.8 Å². The van der Waals surface area contributed by atoms with E-state index in [9.17, 15) is 19.5 Å². The van der Waals surface area contributed by atoms with Gasteiger partial charge in [0.15, 0.2) is 5.78 Å². The third-order valence-corrected chi connectivity index (χ3v) is 6.26. The van der Waals surface area contributed by atoms with E-state index in [4.69, 9.17) is 9.47 Å². The van der Waals surface area contributed by atoms with Gasteiger partial charge in [-0.3, -0.25) is 14.4 Å². The summed E-state index contributed by atoms with van der Waals surface area (Å²) in [6.07, 6.45) is 2.88. The highest BCUT2D eigenvalue weighted by atomic mass is 16.6. The molecule has 0 heterocycles. The quantitative estimate of drug-likeness (QED) is 0.438. The van der Waals surface area contributed by atoms with Gasteiger partial charge in [0.25, 0.3) is 0 Å². The molecule has 0 radical (unpaired) electrons. The molecule has 2 rings (SSSR count). The maximum Gasteiger partial charge on any atom is 0.310 e. The van der Waals surface area contributed by atoms with Crippen molar-refractivity contribution >= 4 is 17.7 Å².